The highest BCUT2D eigenvalue weighted by molar-refractivity contribution is 4.90. The average molecular weight is 179 g/mol. The Labute approximate surface area is 70.4 Å². The summed E-state index contributed by atoms with van der Waals surface area (Å²) in [5.74, 6) is 0. The number of aliphatic hydroxyl groups is 1. The first kappa shape index (κ1) is 9.85. The van der Waals surface area contributed by atoms with Crippen molar-refractivity contribution in [3.05, 3.63) is 0 Å². The van der Waals surface area contributed by atoms with Gasteiger partial charge >= 0.3 is 0 Å². The Kier molecular flexibility index (Phi) is 3.00. The minimum absolute atomic E-state index is 0.489. The number of ether oxygens (including phenoxy) is 2. The molecule has 1 aliphatic rings. The molecule has 0 bridgehead atoms. The third-order valence-electron chi connectivity index (χ3n) is 2.08. The first-order valence-electron chi connectivity index (χ1n) is 3.84. The van der Waals surface area contributed by atoms with E-state index in [1.807, 2.05) is 0 Å². The van der Waals surface area contributed by atoms with Crippen molar-refractivity contribution in [1.29, 1.82) is 0 Å². The van der Waals surface area contributed by atoms with Crippen molar-refractivity contribution in [3.63, 3.8) is 0 Å². The van der Waals surface area contributed by atoms with Crippen LogP contribution in [0, 0.1) is 0 Å². The van der Waals surface area contributed by atoms with E-state index >= 15 is 0 Å². The first-order chi connectivity index (χ1) is 5.57. The van der Waals surface area contributed by atoms with E-state index < -0.39 is 30.7 Å². The third kappa shape index (κ3) is 1.59. The fraction of sp³-hybridized carbons (Fsp3) is 1.00. The lowest BCUT2D eigenvalue weighted by Gasteiger charge is -2.37. The summed E-state index contributed by atoms with van der Waals surface area (Å²) >= 11 is 0. The Morgan fingerprint density at radius 2 is 2.17 bits per heavy atom. The predicted molar refractivity (Wildman–Crippen MR) is 40.2 cm³/mol. The van der Waals surface area contributed by atoms with Crippen molar-refractivity contribution in [2.75, 3.05) is 7.11 Å². The van der Waals surface area contributed by atoms with Crippen LogP contribution in [-0.2, 0) is 9.47 Å². The summed E-state index contributed by atoms with van der Waals surface area (Å²) in [5.41, 5.74) is 5.39. The summed E-state index contributed by atoms with van der Waals surface area (Å²) in [6.07, 6.45) is -3.89. The maximum Gasteiger partial charge on any atom is 0.190 e. The van der Waals surface area contributed by atoms with Crippen LogP contribution in [0.5, 0.6) is 0 Å². The Morgan fingerprint density at radius 1 is 1.58 bits per heavy atom. The molecule has 0 radical (unpaired) electrons. The summed E-state index contributed by atoms with van der Waals surface area (Å²) in [4.78, 5) is 0. The zero-order chi connectivity index (χ0) is 9.30. The molecule has 5 heteroatoms. The van der Waals surface area contributed by atoms with Crippen LogP contribution in [0.4, 0.5) is 4.39 Å². The molecule has 0 aromatic carbocycles. The fourth-order valence-electron chi connectivity index (χ4n) is 1.24. The smallest absolute Gasteiger partial charge is 0.190 e. The number of hydrogen-bond acceptors (Lipinski definition) is 4. The van der Waals surface area contributed by atoms with Crippen molar-refractivity contribution in [2.24, 2.45) is 5.73 Å². The summed E-state index contributed by atoms with van der Waals surface area (Å²) < 4.78 is 22.8. The molecule has 1 fully saturated rings. The van der Waals surface area contributed by atoms with Crippen LogP contribution < -0.4 is 5.73 Å². The second-order valence-electron chi connectivity index (χ2n) is 2.96. The summed E-state index contributed by atoms with van der Waals surface area (Å²) in [6.45, 7) is 1.63. The van der Waals surface area contributed by atoms with Gasteiger partial charge in [-0.25, -0.2) is 4.39 Å². The molecule has 72 valence electrons. The van der Waals surface area contributed by atoms with Crippen molar-refractivity contribution < 1.29 is 19.0 Å². The SMILES string of the molecule is CO[C@H]1O[C@@H](C)[C@@H](O)[C@@H](N)[C@@H]1F. The molecule has 0 aromatic heterocycles. The molecule has 0 aromatic rings. The lowest BCUT2D eigenvalue weighted by atomic mass is 9.99. The average Bonchev–Trinajstić information content (AvgIpc) is 2.08. The topological polar surface area (TPSA) is 64.7 Å². The van der Waals surface area contributed by atoms with Crippen LogP contribution in [0.1, 0.15) is 6.92 Å². The minimum atomic E-state index is -1.47. The highest BCUT2D eigenvalue weighted by Crippen LogP contribution is 2.22. The van der Waals surface area contributed by atoms with E-state index in [9.17, 15) is 9.50 Å². The number of methoxy groups -OCH3 is 1. The number of aliphatic hydroxyl groups excluding tert-OH is 1. The Balaban J connectivity index is 2.63. The van der Waals surface area contributed by atoms with Gasteiger partial charge in [0.05, 0.1) is 18.2 Å². The van der Waals surface area contributed by atoms with Gasteiger partial charge in [-0.3, -0.25) is 0 Å². The number of nitrogens with two attached hydrogens (primary N) is 1. The molecule has 3 N–H and O–H groups in total. The van der Waals surface area contributed by atoms with E-state index in [0.717, 1.165) is 0 Å². The molecule has 1 saturated heterocycles. The quantitative estimate of drug-likeness (QED) is 0.564. The molecule has 1 rings (SSSR count). The van der Waals surface area contributed by atoms with Gasteiger partial charge in [-0.05, 0) is 6.92 Å². The van der Waals surface area contributed by atoms with Crippen LogP contribution in [-0.4, -0.2) is 42.9 Å². The second kappa shape index (κ2) is 3.66. The number of alkyl halides is 1. The van der Waals surface area contributed by atoms with E-state index in [1.165, 1.54) is 7.11 Å². The van der Waals surface area contributed by atoms with E-state index in [-0.39, 0.29) is 0 Å². The molecule has 0 aliphatic carbocycles. The van der Waals surface area contributed by atoms with Gasteiger partial charge in [0.1, 0.15) is 0 Å². The van der Waals surface area contributed by atoms with Gasteiger partial charge in [0.15, 0.2) is 12.5 Å². The van der Waals surface area contributed by atoms with E-state index in [4.69, 9.17) is 15.2 Å². The first-order valence-corrected chi connectivity index (χ1v) is 3.84. The number of hydrogen-bond donors (Lipinski definition) is 2. The summed E-state index contributed by atoms with van der Waals surface area (Å²) in [5, 5.41) is 9.28. The van der Waals surface area contributed by atoms with E-state index in [0.29, 0.717) is 0 Å². The number of rotatable bonds is 1. The van der Waals surface area contributed by atoms with Gasteiger partial charge in [-0.1, -0.05) is 0 Å². The zero-order valence-electron chi connectivity index (χ0n) is 7.11. The van der Waals surface area contributed by atoms with Gasteiger partial charge in [0.2, 0.25) is 0 Å². The van der Waals surface area contributed by atoms with Crippen molar-refractivity contribution in [3.8, 4) is 0 Å². The standard InChI is InChI=1S/C7H14FNO3/c1-3-6(10)5(9)4(8)7(11-2)12-3/h3-7,10H,9H2,1-2H3/t3-,4-,5-,6+,7-/m0/s1. The molecule has 1 aliphatic heterocycles. The van der Waals surface area contributed by atoms with Crippen molar-refractivity contribution >= 4 is 0 Å². The molecule has 0 spiro atoms. The van der Waals surface area contributed by atoms with Gasteiger partial charge in [-0.15, -0.1) is 0 Å². The maximum absolute atomic E-state index is 13.1. The van der Waals surface area contributed by atoms with E-state index in [1.54, 1.807) is 6.92 Å². The van der Waals surface area contributed by atoms with Crippen molar-refractivity contribution in [1.82, 2.24) is 0 Å². The molecule has 4 nitrogen and oxygen atoms in total. The van der Waals surface area contributed by atoms with Gasteiger partial charge in [0.25, 0.3) is 0 Å². The van der Waals surface area contributed by atoms with Crippen molar-refractivity contribution in [2.45, 2.75) is 37.6 Å². The van der Waals surface area contributed by atoms with Crippen LogP contribution >= 0.6 is 0 Å². The molecular formula is C7H14FNO3. The zero-order valence-corrected chi connectivity index (χ0v) is 7.11. The summed E-state index contributed by atoms with van der Waals surface area (Å²) in [6, 6.07) is -0.932. The highest BCUT2D eigenvalue weighted by atomic mass is 19.1. The largest absolute Gasteiger partial charge is 0.389 e. The van der Waals surface area contributed by atoms with Crippen LogP contribution in [0.25, 0.3) is 0 Å². The second-order valence-corrected chi connectivity index (χ2v) is 2.96. The van der Waals surface area contributed by atoms with Crippen LogP contribution in [0.3, 0.4) is 0 Å². The van der Waals surface area contributed by atoms with Gasteiger partial charge in [-0.2, -0.15) is 0 Å². The Hall–Kier alpha value is -0.230. The summed E-state index contributed by atoms with van der Waals surface area (Å²) in [7, 11) is 1.34. The minimum Gasteiger partial charge on any atom is -0.389 e. The monoisotopic (exact) mass is 179 g/mol. The lowest BCUT2D eigenvalue weighted by Crippen LogP contribution is -2.59. The molecular weight excluding hydrogens is 165 g/mol. The lowest BCUT2D eigenvalue weighted by molar-refractivity contribution is -0.242. The van der Waals surface area contributed by atoms with Crippen LogP contribution in [0.2, 0.25) is 0 Å². The molecule has 5 atom stereocenters. The molecule has 1 heterocycles. The van der Waals surface area contributed by atoms with Gasteiger partial charge < -0.3 is 20.3 Å². The Morgan fingerprint density at radius 3 is 2.67 bits per heavy atom. The molecule has 0 unspecified atom stereocenters. The maximum atomic E-state index is 13.1. The molecule has 0 amide bonds. The van der Waals surface area contributed by atoms with E-state index in [2.05, 4.69) is 0 Å². The third-order valence-corrected chi connectivity index (χ3v) is 2.08. The fourth-order valence-corrected chi connectivity index (χ4v) is 1.24. The molecule has 0 saturated carbocycles. The van der Waals surface area contributed by atoms with Crippen LogP contribution in [0.15, 0.2) is 0 Å². The highest BCUT2D eigenvalue weighted by Gasteiger charge is 2.41. The molecule has 12 heavy (non-hydrogen) atoms. The Bertz CT molecular complexity index is 153. The van der Waals surface area contributed by atoms with Gasteiger partial charge in [0, 0.05) is 7.11 Å². The number of halogens is 1. The predicted octanol–water partition coefficient (Wildman–Crippen LogP) is -0.596. The normalized spacial score (nSPS) is 49.2.